The number of carbonyl (C=O) groups is 3. The molecule has 0 amide bonds. The number of esters is 1. The molecule has 0 heterocycles. The lowest BCUT2D eigenvalue weighted by Crippen LogP contribution is -2.36. The number of benzene rings is 1. The van der Waals surface area contributed by atoms with Crippen molar-refractivity contribution in [2.24, 2.45) is 5.92 Å². The number of hydrogen-bond donors (Lipinski definition) is 2. The van der Waals surface area contributed by atoms with Gasteiger partial charge in [0.15, 0.2) is 0 Å². The molecule has 6 heteroatoms. The van der Waals surface area contributed by atoms with Gasteiger partial charge >= 0.3 is 17.9 Å². The lowest BCUT2D eigenvalue weighted by molar-refractivity contribution is -0.0362. The van der Waals surface area contributed by atoms with Gasteiger partial charge in [-0.1, -0.05) is 124 Å². The zero-order valence-corrected chi connectivity index (χ0v) is 26.5. The molecular formula is C35H58O6. The van der Waals surface area contributed by atoms with Crippen LogP contribution in [0.1, 0.15) is 187 Å². The van der Waals surface area contributed by atoms with E-state index in [9.17, 15) is 24.6 Å². The molecule has 1 aromatic carbocycles. The van der Waals surface area contributed by atoms with Crippen molar-refractivity contribution >= 4 is 17.9 Å². The number of carbonyl (C=O) groups excluding carboxylic acids is 1. The minimum atomic E-state index is -1.43. The van der Waals surface area contributed by atoms with Crippen LogP contribution in [0.5, 0.6) is 0 Å². The maximum Gasteiger partial charge on any atom is 0.339 e. The van der Waals surface area contributed by atoms with Crippen molar-refractivity contribution in [2.75, 3.05) is 0 Å². The van der Waals surface area contributed by atoms with E-state index in [0.29, 0.717) is 5.92 Å². The Kier molecular flexibility index (Phi) is 19.1. The standard InChI is InChI=1S/C35H58O6/c1-5-7-9-11-14-18-25-35(26-19-15-12-10-8-6-2,27-20-16-13-17-22-28(3)4)41-34(40)30-24-21-23-29(32(36)37)31(30)33(38)39/h21,23-24,28H,5-20,22,25-27H2,1-4H3,(H,36,37)(H,38,39). The minimum absolute atomic E-state index is 0.176. The first-order chi connectivity index (χ1) is 19.7. The first-order valence-electron chi connectivity index (χ1n) is 16.5. The highest BCUT2D eigenvalue weighted by Crippen LogP contribution is 2.34. The van der Waals surface area contributed by atoms with Crippen LogP contribution in [0.2, 0.25) is 0 Å². The summed E-state index contributed by atoms with van der Waals surface area (Å²) in [6, 6.07) is 4.02. The Morgan fingerprint density at radius 2 is 1.10 bits per heavy atom. The first kappa shape index (κ1) is 36.7. The molecule has 0 aliphatic carbocycles. The van der Waals surface area contributed by atoms with E-state index in [1.165, 1.54) is 69.6 Å². The van der Waals surface area contributed by atoms with Gasteiger partial charge in [0, 0.05) is 0 Å². The summed E-state index contributed by atoms with van der Waals surface area (Å²) in [7, 11) is 0. The summed E-state index contributed by atoms with van der Waals surface area (Å²) in [5.74, 6) is -2.83. The van der Waals surface area contributed by atoms with E-state index in [1.807, 2.05) is 0 Å². The number of carboxylic acids is 2. The van der Waals surface area contributed by atoms with Crippen LogP contribution in [0.25, 0.3) is 0 Å². The third kappa shape index (κ3) is 14.9. The van der Waals surface area contributed by atoms with E-state index in [0.717, 1.165) is 77.0 Å². The Bertz CT molecular complexity index is 875. The molecule has 0 aliphatic heterocycles. The summed E-state index contributed by atoms with van der Waals surface area (Å²) in [4.78, 5) is 37.4. The zero-order valence-electron chi connectivity index (χ0n) is 26.5. The second kappa shape index (κ2) is 21.4. The molecule has 0 atom stereocenters. The van der Waals surface area contributed by atoms with E-state index in [4.69, 9.17) is 4.74 Å². The average Bonchev–Trinajstić information content (AvgIpc) is 2.93. The van der Waals surface area contributed by atoms with Crippen molar-refractivity contribution in [2.45, 2.75) is 162 Å². The van der Waals surface area contributed by atoms with Crippen LogP contribution < -0.4 is 0 Å². The predicted octanol–water partition coefficient (Wildman–Crippen LogP) is 10.5. The molecule has 0 radical (unpaired) electrons. The number of ether oxygens (including phenoxy) is 1. The second-order valence-corrected chi connectivity index (χ2v) is 12.3. The van der Waals surface area contributed by atoms with Crippen LogP contribution in [0, 0.1) is 5.92 Å². The summed E-state index contributed by atoms with van der Waals surface area (Å²) in [6.45, 7) is 8.90. The van der Waals surface area contributed by atoms with Gasteiger partial charge in [0.05, 0.1) is 16.7 Å². The maximum absolute atomic E-state index is 13.6. The largest absolute Gasteiger partial charge is 0.478 e. The molecule has 1 rings (SSSR count). The molecule has 0 saturated carbocycles. The summed E-state index contributed by atoms with van der Waals surface area (Å²) in [5.41, 5.74) is -1.73. The van der Waals surface area contributed by atoms with Crippen molar-refractivity contribution in [1.29, 1.82) is 0 Å². The summed E-state index contributed by atoms with van der Waals surface area (Å²) >= 11 is 0. The Hall–Kier alpha value is -2.37. The molecule has 6 nitrogen and oxygen atoms in total. The summed E-state index contributed by atoms with van der Waals surface area (Å²) in [6.07, 6.45) is 21.5. The topological polar surface area (TPSA) is 101 Å². The molecule has 0 aromatic heterocycles. The monoisotopic (exact) mass is 574 g/mol. The van der Waals surface area contributed by atoms with Gasteiger partial charge in [-0.25, -0.2) is 14.4 Å². The van der Waals surface area contributed by atoms with Gasteiger partial charge in [-0.15, -0.1) is 0 Å². The molecule has 0 spiro atoms. The van der Waals surface area contributed by atoms with Crippen molar-refractivity contribution < 1.29 is 29.3 Å². The number of carboxylic acid groups (broad SMARTS) is 2. The fraction of sp³-hybridized carbons (Fsp3) is 0.743. The number of rotatable bonds is 25. The van der Waals surface area contributed by atoms with Crippen LogP contribution in [-0.4, -0.2) is 33.7 Å². The molecule has 0 bridgehead atoms. The first-order valence-corrected chi connectivity index (χ1v) is 16.5. The Labute approximate surface area is 249 Å². The highest BCUT2D eigenvalue weighted by Gasteiger charge is 2.35. The molecule has 0 aliphatic rings. The van der Waals surface area contributed by atoms with E-state index < -0.39 is 34.6 Å². The van der Waals surface area contributed by atoms with Crippen LogP contribution in [0.4, 0.5) is 0 Å². The lowest BCUT2D eigenvalue weighted by Gasteiger charge is -2.35. The van der Waals surface area contributed by atoms with Crippen molar-refractivity contribution in [3.05, 3.63) is 34.9 Å². The fourth-order valence-corrected chi connectivity index (χ4v) is 5.72. The van der Waals surface area contributed by atoms with Gasteiger partial charge in [0.1, 0.15) is 5.60 Å². The Balaban J connectivity index is 3.18. The molecule has 0 fully saturated rings. The van der Waals surface area contributed by atoms with Crippen molar-refractivity contribution in [1.82, 2.24) is 0 Å². The van der Waals surface area contributed by atoms with Crippen LogP contribution in [-0.2, 0) is 4.74 Å². The third-order valence-electron chi connectivity index (χ3n) is 8.17. The molecule has 0 unspecified atom stereocenters. The highest BCUT2D eigenvalue weighted by molar-refractivity contribution is 6.09. The SMILES string of the molecule is CCCCCCCCC(CCCCCCCC)(CCCCCCC(C)C)OC(=O)c1cccc(C(=O)O)c1C(=O)O. The fourth-order valence-electron chi connectivity index (χ4n) is 5.72. The van der Waals surface area contributed by atoms with Gasteiger partial charge in [-0.3, -0.25) is 0 Å². The zero-order chi connectivity index (χ0) is 30.5. The van der Waals surface area contributed by atoms with Gasteiger partial charge in [-0.2, -0.15) is 0 Å². The van der Waals surface area contributed by atoms with Gasteiger partial charge in [0.2, 0.25) is 0 Å². The second-order valence-electron chi connectivity index (χ2n) is 12.3. The maximum atomic E-state index is 13.6. The van der Waals surface area contributed by atoms with E-state index >= 15 is 0 Å². The predicted molar refractivity (Wildman–Crippen MR) is 167 cm³/mol. The lowest BCUT2D eigenvalue weighted by atomic mass is 9.84. The van der Waals surface area contributed by atoms with E-state index in [2.05, 4.69) is 27.7 Å². The van der Waals surface area contributed by atoms with Crippen LogP contribution in [0.15, 0.2) is 18.2 Å². The van der Waals surface area contributed by atoms with E-state index in [-0.39, 0.29) is 5.56 Å². The quantitative estimate of drug-likeness (QED) is 0.0889. The Morgan fingerprint density at radius 3 is 1.54 bits per heavy atom. The summed E-state index contributed by atoms with van der Waals surface area (Å²) < 4.78 is 6.35. The number of unbranched alkanes of at least 4 members (excludes halogenated alkanes) is 13. The molecule has 1 aromatic rings. The third-order valence-corrected chi connectivity index (χ3v) is 8.17. The molecular weight excluding hydrogens is 516 g/mol. The highest BCUT2D eigenvalue weighted by atomic mass is 16.6. The van der Waals surface area contributed by atoms with Gasteiger partial charge < -0.3 is 14.9 Å². The van der Waals surface area contributed by atoms with Crippen molar-refractivity contribution in [3.8, 4) is 0 Å². The Morgan fingerprint density at radius 1 is 0.659 bits per heavy atom. The number of hydrogen-bond acceptors (Lipinski definition) is 4. The smallest absolute Gasteiger partial charge is 0.339 e. The van der Waals surface area contributed by atoms with Crippen LogP contribution >= 0.6 is 0 Å². The van der Waals surface area contributed by atoms with E-state index in [1.54, 1.807) is 0 Å². The summed E-state index contributed by atoms with van der Waals surface area (Å²) in [5, 5.41) is 19.4. The molecule has 41 heavy (non-hydrogen) atoms. The molecule has 2 N–H and O–H groups in total. The van der Waals surface area contributed by atoms with Crippen molar-refractivity contribution in [3.63, 3.8) is 0 Å². The molecule has 234 valence electrons. The van der Waals surface area contributed by atoms with Crippen LogP contribution in [0.3, 0.4) is 0 Å². The minimum Gasteiger partial charge on any atom is -0.478 e. The van der Waals surface area contributed by atoms with Gasteiger partial charge in [0.25, 0.3) is 0 Å². The number of aromatic carboxylic acids is 2. The molecule has 0 saturated heterocycles. The normalized spacial score (nSPS) is 11.6. The van der Waals surface area contributed by atoms with Gasteiger partial charge in [-0.05, 0) is 56.6 Å². The average molecular weight is 575 g/mol.